The van der Waals surface area contributed by atoms with Gasteiger partial charge in [-0.05, 0) is 58.5 Å². The van der Waals surface area contributed by atoms with Gasteiger partial charge in [-0.2, -0.15) is 5.26 Å². The van der Waals surface area contributed by atoms with Gasteiger partial charge in [0.15, 0.2) is 0 Å². The number of nitriles is 1. The fourth-order valence-corrected chi connectivity index (χ4v) is 1.69. The van der Waals surface area contributed by atoms with E-state index in [0.717, 1.165) is 31.6 Å². The van der Waals surface area contributed by atoms with Crippen molar-refractivity contribution < 1.29 is 4.39 Å². The highest BCUT2D eigenvalue weighted by Crippen LogP contribution is 2.13. The quantitative estimate of drug-likeness (QED) is 0.768. The van der Waals surface area contributed by atoms with Crippen molar-refractivity contribution in [3.8, 4) is 6.07 Å². The maximum absolute atomic E-state index is 13.4. The van der Waals surface area contributed by atoms with Crippen LogP contribution < -0.4 is 5.32 Å². The van der Waals surface area contributed by atoms with Gasteiger partial charge in [-0.1, -0.05) is 0 Å². The third kappa shape index (κ3) is 5.27. The fourth-order valence-electron chi connectivity index (χ4n) is 1.69. The van der Waals surface area contributed by atoms with E-state index in [1.54, 1.807) is 6.07 Å². The summed E-state index contributed by atoms with van der Waals surface area (Å²) >= 11 is 0. The number of hydrogen-bond acceptors (Lipinski definition) is 3. The van der Waals surface area contributed by atoms with Gasteiger partial charge < -0.3 is 10.2 Å². The first-order valence-corrected chi connectivity index (χ1v) is 6.68. The lowest BCUT2D eigenvalue weighted by atomic mass is 10.2. The number of halogens is 1. The minimum Gasteiger partial charge on any atom is -0.385 e. The molecule has 19 heavy (non-hydrogen) atoms. The van der Waals surface area contributed by atoms with Crippen molar-refractivity contribution in [2.45, 2.75) is 32.7 Å². The van der Waals surface area contributed by atoms with Crippen molar-refractivity contribution in [2.75, 3.05) is 25.5 Å². The smallest absolute Gasteiger partial charge is 0.143 e. The van der Waals surface area contributed by atoms with Crippen molar-refractivity contribution in [1.82, 2.24) is 4.90 Å². The van der Waals surface area contributed by atoms with E-state index >= 15 is 0 Å². The van der Waals surface area contributed by atoms with Crippen molar-refractivity contribution in [3.05, 3.63) is 29.6 Å². The molecule has 0 saturated heterocycles. The molecule has 0 heterocycles. The molecule has 1 aromatic carbocycles. The molecule has 0 bridgehead atoms. The third-order valence-corrected chi connectivity index (χ3v) is 3.24. The molecule has 1 aromatic rings. The molecule has 4 heteroatoms. The first-order chi connectivity index (χ1) is 9.04. The Balaban J connectivity index is 2.27. The van der Waals surface area contributed by atoms with Gasteiger partial charge in [0.05, 0.1) is 5.56 Å². The summed E-state index contributed by atoms with van der Waals surface area (Å²) in [6, 6.07) is 7.00. The maximum atomic E-state index is 13.4. The van der Waals surface area contributed by atoms with E-state index in [0.29, 0.717) is 6.04 Å². The zero-order chi connectivity index (χ0) is 14.3. The molecule has 0 spiro atoms. The molecule has 1 N–H and O–H groups in total. The summed E-state index contributed by atoms with van der Waals surface area (Å²) in [5, 5.41) is 11.8. The minimum atomic E-state index is -0.466. The zero-order valence-electron chi connectivity index (χ0n) is 11.9. The highest BCUT2D eigenvalue weighted by molar-refractivity contribution is 5.47. The molecule has 0 aliphatic heterocycles. The van der Waals surface area contributed by atoms with E-state index in [2.05, 4.69) is 31.1 Å². The van der Waals surface area contributed by atoms with E-state index in [1.807, 2.05) is 6.07 Å². The van der Waals surface area contributed by atoms with Crippen LogP contribution in [-0.2, 0) is 0 Å². The van der Waals surface area contributed by atoms with Crippen molar-refractivity contribution in [1.29, 1.82) is 5.26 Å². The predicted molar refractivity (Wildman–Crippen MR) is 76.6 cm³/mol. The normalized spacial score (nSPS) is 10.8. The number of nitrogens with one attached hydrogen (secondary N) is 1. The van der Waals surface area contributed by atoms with Crippen LogP contribution >= 0.6 is 0 Å². The molecule has 0 radical (unpaired) electrons. The van der Waals surface area contributed by atoms with E-state index in [-0.39, 0.29) is 5.56 Å². The molecular formula is C15H22FN3. The Labute approximate surface area is 115 Å². The second kappa shape index (κ2) is 7.75. The number of rotatable bonds is 7. The molecule has 0 aromatic heterocycles. The summed E-state index contributed by atoms with van der Waals surface area (Å²) in [6.45, 7) is 6.24. The molecule has 3 nitrogen and oxygen atoms in total. The monoisotopic (exact) mass is 263 g/mol. The van der Waals surface area contributed by atoms with Crippen LogP contribution in [0.2, 0.25) is 0 Å². The first-order valence-electron chi connectivity index (χ1n) is 6.68. The Morgan fingerprint density at radius 2 is 2.11 bits per heavy atom. The molecule has 0 aliphatic carbocycles. The Morgan fingerprint density at radius 1 is 1.37 bits per heavy atom. The van der Waals surface area contributed by atoms with Crippen LogP contribution in [0, 0.1) is 17.1 Å². The summed E-state index contributed by atoms with van der Waals surface area (Å²) in [7, 11) is 2.12. The lowest BCUT2D eigenvalue weighted by Crippen LogP contribution is -2.27. The molecular weight excluding hydrogens is 241 g/mol. The average molecular weight is 263 g/mol. The molecule has 1 rings (SSSR count). The van der Waals surface area contributed by atoms with E-state index in [9.17, 15) is 4.39 Å². The third-order valence-electron chi connectivity index (χ3n) is 3.24. The largest absolute Gasteiger partial charge is 0.385 e. The number of hydrogen-bond donors (Lipinski definition) is 1. The lowest BCUT2D eigenvalue weighted by Gasteiger charge is -2.20. The van der Waals surface area contributed by atoms with Crippen molar-refractivity contribution in [3.63, 3.8) is 0 Å². The Hall–Kier alpha value is -1.60. The molecule has 0 unspecified atom stereocenters. The SMILES string of the molecule is CC(C)N(C)CCCCNc1ccc(C#N)c(F)c1. The van der Waals surface area contributed by atoms with Crippen LogP contribution in [0.3, 0.4) is 0 Å². The Bertz CT molecular complexity index is 438. The molecule has 104 valence electrons. The van der Waals surface area contributed by atoms with E-state index in [1.165, 1.54) is 12.1 Å². The average Bonchev–Trinajstić information content (AvgIpc) is 2.38. The van der Waals surface area contributed by atoms with E-state index in [4.69, 9.17) is 5.26 Å². The zero-order valence-corrected chi connectivity index (χ0v) is 11.9. The predicted octanol–water partition coefficient (Wildman–Crippen LogP) is 3.23. The van der Waals surface area contributed by atoms with Crippen LogP contribution in [0.25, 0.3) is 0 Å². The van der Waals surface area contributed by atoms with Crippen LogP contribution in [0.1, 0.15) is 32.3 Å². The van der Waals surface area contributed by atoms with E-state index < -0.39 is 5.82 Å². The van der Waals surface area contributed by atoms with Crippen LogP contribution in [-0.4, -0.2) is 31.1 Å². The first kappa shape index (κ1) is 15.5. The molecule has 0 amide bonds. The second-order valence-electron chi connectivity index (χ2n) is 5.01. The summed E-state index contributed by atoms with van der Waals surface area (Å²) in [4.78, 5) is 2.31. The minimum absolute atomic E-state index is 0.0871. The lowest BCUT2D eigenvalue weighted by molar-refractivity contribution is 0.269. The van der Waals surface area contributed by atoms with Gasteiger partial charge in [0.25, 0.3) is 0 Å². The summed E-state index contributed by atoms with van der Waals surface area (Å²) in [5.74, 6) is -0.466. The topological polar surface area (TPSA) is 39.1 Å². The van der Waals surface area contributed by atoms with Crippen molar-refractivity contribution >= 4 is 5.69 Å². The second-order valence-corrected chi connectivity index (χ2v) is 5.01. The van der Waals surface area contributed by atoms with Gasteiger partial charge in [-0.3, -0.25) is 0 Å². The fraction of sp³-hybridized carbons (Fsp3) is 0.533. The van der Waals surface area contributed by atoms with Crippen LogP contribution in [0.5, 0.6) is 0 Å². The number of nitrogens with zero attached hydrogens (tertiary/aromatic N) is 2. The van der Waals surface area contributed by atoms with Crippen molar-refractivity contribution in [2.24, 2.45) is 0 Å². The molecule has 0 aliphatic rings. The highest BCUT2D eigenvalue weighted by atomic mass is 19.1. The summed E-state index contributed by atoms with van der Waals surface area (Å²) < 4.78 is 13.4. The summed E-state index contributed by atoms with van der Waals surface area (Å²) in [6.07, 6.45) is 2.15. The van der Waals surface area contributed by atoms with Gasteiger partial charge in [0, 0.05) is 18.3 Å². The van der Waals surface area contributed by atoms with Gasteiger partial charge in [-0.15, -0.1) is 0 Å². The Morgan fingerprint density at radius 3 is 2.68 bits per heavy atom. The van der Waals surface area contributed by atoms with Gasteiger partial charge >= 0.3 is 0 Å². The molecule has 0 atom stereocenters. The number of unbranched alkanes of at least 4 members (excludes halogenated alkanes) is 1. The maximum Gasteiger partial charge on any atom is 0.143 e. The van der Waals surface area contributed by atoms with Gasteiger partial charge in [0.1, 0.15) is 11.9 Å². The summed E-state index contributed by atoms with van der Waals surface area (Å²) in [5.41, 5.74) is 0.817. The number of anilines is 1. The highest BCUT2D eigenvalue weighted by Gasteiger charge is 2.03. The Kier molecular flexibility index (Phi) is 6.31. The standard InChI is InChI=1S/C15H22FN3/c1-12(2)19(3)9-5-4-8-18-14-7-6-13(11-17)15(16)10-14/h6-7,10,12,18H,4-5,8-9H2,1-3H3. The van der Waals surface area contributed by atoms with Crippen LogP contribution in [0.15, 0.2) is 18.2 Å². The van der Waals surface area contributed by atoms with Crippen LogP contribution in [0.4, 0.5) is 10.1 Å². The number of benzene rings is 1. The molecule has 0 saturated carbocycles. The van der Waals surface area contributed by atoms with Gasteiger partial charge in [0.2, 0.25) is 0 Å². The molecule has 0 fully saturated rings. The van der Waals surface area contributed by atoms with Gasteiger partial charge in [-0.25, -0.2) is 4.39 Å².